The highest BCUT2D eigenvalue weighted by Gasteiger charge is 2.38. The summed E-state index contributed by atoms with van der Waals surface area (Å²) >= 11 is 1.26. The lowest BCUT2D eigenvalue weighted by atomic mass is 9.89. The molecule has 0 spiro atoms. The largest absolute Gasteiger partial charge is 0.488 e. The minimum atomic E-state index is -0.292. The van der Waals surface area contributed by atoms with Crippen LogP contribution in [0.3, 0.4) is 0 Å². The molecule has 2 aromatic rings. The predicted octanol–water partition coefficient (Wildman–Crippen LogP) is 7.55. The molecule has 1 fully saturated rings. The van der Waals surface area contributed by atoms with Gasteiger partial charge in [-0.2, -0.15) is 0 Å². The van der Waals surface area contributed by atoms with E-state index in [9.17, 15) is 0 Å². The smallest absolute Gasteiger partial charge is 0.175 e. The molecule has 3 aliphatic rings. The van der Waals surface area contributed by atoms with Crippen molar-refractivity contribution in [3.8, 4) is 0 Å². The first kappa shape index (κ1) is 18.2. The van der Waals surface area contributed by atoms with E-state index >= 15 is 8.78 Å². The number of benzene rings is 2. The van der Waals surface area contributed by atoms with Crippen LogP contribution in [-0.2, 0) is 11.2 Å². The summed E-state index contributed by atoms with van der Waals surface area (Å²) in [5.74, 6) is -0.221. The second-order valence-corrected chi connectivity index (χ2v) is 9.13. The Kier molecular flexibility index (Phi) is 4.70. The molecule has 28 heavy (non-hydrogen) atoms. The quantitative estimate of drug-likeness (QED) is 0.526. The van der Waals surface area contributed by atoms with Crippen LogP contribution in [0.15, 0.2) is 51.7 Å². The van der Waals surface area contributed by atoms with E-state index in [0.717, 1.165) is 55.0 Å². The zero-order valence-electron chi connectivity index (χ0n) is 16.1. The number of halogens is 2. The van der Waals surface area contributed by atoms with Crippen LogP contribution in [-0.4, -0.2) is 6.10 Å². The summed E-state index contributed by atoms with van der Waals surface area (Å²) in [5.41, 5.74) is 2.06. The molecule has 0 bridgehead atoms. The molecular formula is C24H24F2OS. The highest BCUT2D eigenvalue weighted by atomic mass is 32.2. The Labute approximate surface area is 168 Å². The van der Waals surface area contributed by atoms with Crippen LogP contribution >= 0.6 is 11.8 Å². The number of allylic oxidation sites excluding steroid dienone is 3. The molecule has 5 rings (SSSR count). The van der Waals surface area contributed by atoms with Gasteiger partial charge in [-0.15, -0.1) is 0 Å². The van der Waals surface area contributed by atoms with Gasteiger partial charge in [0.15, 0.2) is 11.6 Å². The summed E-state index contributed by atoms with van der Waals surface area (Å²) < 4.78 is 36.5. The summed E-state index contributed by atoms with van der Waals surface area (Å²) in [6.07, 6.45) is 8.92. The van der Waals surface area contributed by atoms with Gasteiger partial charge in [0.1, 0.15) is 5.82 Å². The Morgan fingerprint density at radius 3 is 2.75 bits per heavy atom. The zero-order chi connectivity index (χ0) is 19.3. The van der Waals surface area contributed by atoms with Crippen molar-refractivity contribution >= 4 is 22.5 Å². The van der Waals surface area contributed by atoms with Gasteiger partial charge < -0.3 is 4.74 Å². The Morgan fingerprint density at radius 2 is 1.96 bits per heavy atom. The van der Waals surface area contributed by atoms with Crippen molar-refractivity contribution in [3.05, 3.63) is 63.8 Å². The topological polar surface area (TPSA) is 9.23 Å². The third-order valence-corrected chi connectivity index (χ3v) is 7.44. The van der Waals surface area contributed by atoms with E-state index in [4.69, 9.17) is 4.74 Å². The second-order valence-electron chi connectivity index (χ2n) is 8.08. The van der Waals surface area contributed by atoms with Gasteiger partial charge >= 0.3 is 0 Å². The molecule has 1 heterocycles. The normalized spacial score (nSPS) is 21.8. The van der Waals surface area contributed by atoms with Crippen LogP contribution in [0, 0.1) is 5.82 Å². The minimum absolute atomic E-state index is 0.0925. The molecule has 1 aliphatic heterocycles. The highest BCUT2D eigenvalue weighted by Crippen LogP contribution is 2.56. The number of hydrogen-bond donors (Lipinski definition) is 0. The molecule has 1 unspecified atom stereocenters. The Bertz CT molecular complexity index is 1000. The Hall–Kier alpha value is -1.81. The molecule has 0 amide bonds. The van der Waals surface area contributed by atoms with Crippen LogP contribution in [0.1, 0.15) is 62.5 Å². The minimum Gasteiger partial charge on any atom is -0.488 e. The summed E-state index contributed by atoms with van der Waals surface area (Å²) in [6.45, 7) is 2.12. The van der Waals surface area contributed by atoms with Crippen LogP contribution in [0.5, 0.6) is 0 Å². The van der Waals surface area contributed by atoms with E-state index in [-0.39, 0.29) is 23.7 Å². The first-order chi connectivity index (χ1) is 13.7. The number of thioether (sulfide) groups is 1. The molecule has 2 aromatic carbocycles. The fourth-order valence-electron chi connectivity index (χ4n) is 4.68. The number of ether oxygens (including phenoxy) is 1. The van der Waals surface area contributed by atoms with Crippen LogP contribution in [0.2, 0.25) is 0 Å². The van der Waals surface area contributed by atoms with Gasteiger partial charge in [0.2, 0.25) is 0 Å². The highest BCUT2D eigenvalue weighted by molar-refractivity contribution is 8.03. The van der Waals surface area contributed by atoms with Crippen molar-refractivity contribution in [1.82, 2.24) is 0 Å². The molecular weight excluding hydrogens is 374 g/mol. The Balaban J connectivity index is 1.51. The van der Waals surface area contributed by atoms with E-state index in [1.165, 1.54) is 11.8 Å². The van der Waals surface area contributed by atoms with Gasteiger partial charge in [-0.05, 0) is 73.2 Å². The Morgan fingerprint density at radius 1 is 1.14 bits per heavy atom. The van der Waals surface area contributed by atoms with E-state index in [2.05, 4.69) is 19.1 Å². The average molecular weight is 399 g/mol. The molecule has 146 valence electrons. The SMILES string of the molecule is CCCc1ccc2cc3c(c(F)c2c1)SC1=C(F)C(OC2CCCC2)=CCC13. The molecule has 0 N–H and O–H groups in total. The lowest BCUT2D eigenvalue weighted by Crippen LogP contribution is -2.12. The van der Waals surface area contributed by atoms with Gasteiger partial charge in [-0.25, -0.2) is 8.78 Å². The molecule has 1 saturated carbocycles. The fraction of sp³-hybridized carbons (Fsp3) is 0.417. The van der Waals surface area contributed by atoms with Crippen molar-refractivity contribution in [2.45, 2.75) is 68.8 Å². The number of fused-ring (bicyclic) bond motifs is 4. The summed E-state index contributed by atoms with van der Waals surface area (Å²) in [7, 11) is 0. The number of hydrogen-bond acceptors (Lipinski definition) is 2. The molecule has 0 radical (unpaired) electrons. The van der Waals surface area contributed by atoms with Crippen LogP contribution in [0.4, 0.5) is 8.78 Å². The van der Waals surface area contributed by atoms with Crippen molar-refractivity contribution in [2.24, 2.45) is 0 Å². The monoisotopic (exact) mass is 398 g/mol. The first-order valence-corrected chi connectivity index (χ1v) is 11.2. The van der Waals surface area contributed by atoms with Crippen molar-refractivity contribution in [1.29, 1.82) is 0 Å². The number of rotatable bonds is 4. The van der Waals surface area contributed by atoms with Crippen molar-refractivity contribution < 1.29 is 13.5 Å². The maximum absolute atomic E-state index is 15.4. The maximum Gasteiger partial charge on any atom is 0.175 e. The molecule has 1 nitrogen and oxygen atoms in total. The van der Waals surface area contributed by atoms with Gasteiger partial charge in [-0.3, -0.25) is 0 Å². The van der Waals surface area contributed by atoms with E-state index < -0.39 is 0 Å². The van der Waals surface area contributed by atoms with E-state index in [1.807, 2.05) is 18.2 Å². The lowest BCUT2D eigenvalue weighted by Gasteiger charge is -2.22. The van der Waals surface area contributed by atoms with E-state index in [0.29, 0.717) is 27.4 Å². The summed E-state index contributed by atoms with van der Waals surface area (Å²) in [5, 5.41) is 1.54. The lowest BCUT2D eigenvalue weighted by molar-refractivity contribution is 0.119. The molecule has 2 aliphatic carbocycles. The molecule has 1 atom stereocenters. The predicted molar refractivity (Wildman–Crippen MR) is 111 cm³/mol. The van der Waals surface area contributed by atoms with Gasteiger partial charge in [0, 0.05) is 16.2 Å². The number of aryl methyl sites for hydroxylation is 1. The van der Waals surface area contributed by atoms with Crippen molar-refractivity contribution in [3.63, 3.8) is 0 Å². The molecule has 0 aromatic heterocycles. The van der Waals surface area contributed by atoms with Gasteiger partial charge in [-0.1, -0.05) is 37.2 Å². The average Bonchev–Trinajstić information content (AvgIpc) is 3.33. The standard InChI is InChI=1S/C24H24F2OS/c1-2-5-14-8-9-15-13-19-17-10-11-20(27-16-6-3-4-7-16)22(26)23(17)28-24(19)21(25)18(15)12-14/h8-9,11-13,16-17H,2-7,10H2,1H3. The molecule has 4 heteroatoms. The van der Waals surface area contributed by atoms with E-state index in [1.54, 1.807) is 0 Å². The first-order valence-electron chi connectivity index (χ1n) is 10.4. The second kappa shape index (κ2) is 7.22. The van der Waals surface area contributed by atoms with Gasteiger partial charge in [0.25, 0.3) is 0 Å². The third kappa shape index (κ3) is 2.97. The van der Waals surface area contributed by atoms with Crippen molar-refractivity contribution in [2.75, 3.05) is 0 Å². The van der Waals surface area contributed by atoms with Crippen LogP contribution < -0.4 is 0 Å². The summed E-state index contributed by atoms with van der Waals surface area (Å²) in [4.78, 5) is 1.21. The zero-order valence-corrected chi connectivity index (χ0v) is 16.9. The fourth-order valence-corrected chi connectivity index (χ4v) is 5.98. The van der Waals surface area contributed by atoms with Crippen LogP contribution in [0.25, 0.3) is 10.8 Å². The molecule has 0 saturated heterocycles. The maximum atomic E-state index is 15.4. The summed E-state index contributed by atoms with van der Waals surface area (Å²) in [6, 6.07) is 8.08. The third-order valence-electron chi connectivity index (χ3n) is 6.14. The van der Waals surface area contributed by atoms with Gasteiger partial charge in [0.05, 0.1) is 11.0 Å².